The smallest absolute Gasteiger partial charge is 0.242 e. The minimum Gasteiger partial charge on any atom is -0.494 e. The quantitative estimate of drug-likeness (QED) is 0.691. The molecular weight excluding hydrogens is 340 g/mol. The molecule has 0 aliphatic carbocycles. The second-order valence-corrected chi connectivity index (χ2v) is 6.57. The van der Waals surface area contributed by atoms with Crippen molar-refractivity contribution in [3.05, 3.63) is 65.7 Å². The van der Waals surface area contributed by atoms with Gasteiger partial charge in [-0.25, -0.2) is 0 Å². The summed E-state index contributed by atoms with van der Waals surface area (Å²) < 4.78 is 5.65. The Morgan fingerprint density at radius 2 is 1.85 bits per heavy atom. The summed E-state index contributed by atoms with van der Waals surface area (Å²) in [6, 6.07) is 17.0. The van der Waals surface area contributed by atoms with Gasteiger partial charge in [0.2, 0.25) is 11.8 Å². The Morgan fingerprint density at radius 3 is 2.52 bits per heavy atom. The van der Waals surface area contributed by atoms with Crippen LogP contribution in [0.1, 0.15) is 30.9 Å². The lowest BCUT2D eigenvalue weighted by Crippen LogP contribution is -2.46. The Kier molecular flexibility index (Phi) is 7.86. The molecule has 0 saturated carbocycles. The van der Waals surface area contributed by atoms with Gasteiger partial charge < -0.3 is 15.0 Å². The molecule has 0 bridgehead atoms. The van der Waals surface area contributed by atoms with Gasteiger partial charge in [-0.3, -0.25) is 9.59 Å². The van der Waals surface area contributed by atoms with Gasteiger partial charge in [-0.05, 0) is 38.0 Å². The monoisotopic (exact) mass is 368 g/mol. The maximum atomic E-state index is 12.8. The van der Waals surface area contributed by atoms with Crippen molar-refractivity contribution in [1.82, 2.24) is 10.2 Å². The first kappa shape index (κ1) is 20.5. The third-order valence-electron chi connectivity index (χ3n) is 4.40. The van der Waals surface area contributed by atoms with Crippen molar-refractivity contribution in [3.63, 3.8) is 0 Å². The third-order valence-corrected chi connectivity index (χ3v) is 4.40. The summed E-state index contributed by atoms with van der Waals surface area (Å²) in [7, 11) is 1.59. The Morgan fingerprint density at radius 1 is 1.11 bits per heavy atom. The Labute approximate surface area is 161 Å². The zero-order valence-electron chi connectivity index (χ0n) is 16.3. The van der Waals surface area contributed by atoms with E-state index in [-0.39, 0.29) is 11.8 Å². The maximum absolute atomic E-state index is 12.8. The first-order chi connectivity index (χ1) is 13.0. The second kappa shape index (κ2) is 10.4. The molecular formula is C22H28N2O3. The molecule has 0 unspecified atom stereocenters. The number of amides is 2. The molecule has 0 fully saturated rings. The summed E-state index contributed by atoms with van der Waals surface area (Å²) in [4.78, 5) is 26.5. The minimum atomic E-state index is -0.530. The molecule has 0 aromatic heterocycles. The van der Waals surface area contributed by atoms with E-state index < -0.39 is 6.04 Å². The van der Waals surface area contributed by atoms with Crippen LogP contribution in [0.15, 0.2) is 54.6 Å². The molecule has 2 aromatic carbocycles. The van der Waals surface area contributed by atoms with Crippen LogP contribution in [0.5, 0.6) is 5.75 Å². The molecule has 0 radical (unpaired) electrons. The number of likely N-dealkylation sites (N-methyl/N-ethyl adjacent to an activating group) is 1. The number of benzene rings is 2. The largest absolute Gasteiger partial charge is 0.494 e. The Balaban J connectivity index is 1.96. The number of aryl methyl sites for hydroxylation is 1. The first-order valence-corrected chi connectivity index (χ1v) is 9.25. The van der Waals surface area contributed by atoms with Gasteiger partial charge in [-0.1, -0.05) is 48.0 Å². The van der Waals surface area contributed by atoms with Gasteiger partial charge >= 0.3 is 0 Å². The standard InChI is InChI=1S/C22H28N2O3/c1-17-9-7-10-19(15-17)16-24(18(2)22(26)23-3)21(25)13-8-14-27-20-11-5-4-6-12-20/h4-7,9-12,15,18H,8,13-14,16H2,1-3H3,(H,23,26)/t18-/m0/s1. The predicted octanol–water partition coefficient (Wildman–Crippen LogP) is 3.32. The zero-order valence-corrected chi connectivity index (χ0v) is 16.3. The van der Waals surface area contributed by atoms with Gasteiger partial charge in [0, 0.05) is 20.0 Å². The van der Waals surface area contributed by atoms with Crippen LogP contribution in [0.4, 0.5) is 0 Å². The molecule has 2 rings (SSSR count). The van der Waals surface area contributed by atoms with Crippen LogP contribution in [-0.4, -0.2) is 36.4 Å². The van der Waals surface area contributed by atoms with Gasteiger partial charge in [-0.2, -0.15) is 0 Å². The van der Waals surface area contributed by atoms with Crippen LogP contribution in [0.3, 0.4) is 0 Å². The highest BCUT2D eigenvalue weighted by Gasteiger charge is 2.25. The summed E-state index contributed by atoms with van der Waals surface area (Å²) >= 11 is 0. The van der Waals surface area contributed by atoms with E-state index in [1.807, 2.05) is 61.5 Å². The molecule has 0 saturated heterocycles. The summed E-state index contributed by atoms with van der Waals surface area (Å²) in [5.41, 5.74) is 2.14. The third kappa shape index (κ3) is 6.44. The van der Waals surface area contributed by atoms with E-state index >= 15 is 0 Å². The molecule has 2 aromatic rings. The number of carbonyl (C=O) groups is 2. The van der Waals surface area contributed by atoms with E-state index in [9.17, 15) is 9.59 Å². The number of nitrogens with zero attached hydrogens (tertiary/aromatic N) is 1. The highest BCUT2D eigenvalue weighted by Crippen LogP contribution is 2.14. The molecule has 5 heteroatoms. The maximum Gasteiger partial charge on any atom is 0.242 e. The lowest BCUT2D eigenvalue weighted by atomic mass is 10.1. The van der Waals surface area contributed by atoms with Gasteiger partial charge in [0.1, 0.15) is 11.8 Å². The van der Waals surface area contributed by atoms with Crippen LogP contribution < -0.4 is 10.1 Å². The van der Waals surface area contributed by atoms with Crippen LogP contribution in [0.25, 0.3) is 0 Å². The molecule has 144 valence electrons. The zero-order chi connectivity index (χ0) is 19.6. The predicted molar refractivity (Wildman–Crippen MR) is 106 cm³/mol. The lowest BCUT2D eigenvalue weighted by molar-refractivity contribution is -0.140. The fourth-order valence-corrected chi connectivity index (χ4v) is 2.87. The molecule has 27 heavy (non-hydrogen) atoms. The number of hydrogen-bond donors (Lipinski definition) is 1. The topological polar surface area (TPSA) is 58.6 Å². The van der Waals surface area contributed by atoms with E-state index in [1.54, 1.807) is 18.9 Å². The fraction of sp³-hybridized carbons (Fsp3) is 0.364. The Bertz CT molecular complexity index is 746. The van der Waals surface area contributed by atoms with E-state index in [0.717, 1.165) is 16.9 Å². The van der Waals surface area contributed by atoms with Gasteiger partial charge in [0.05, 0.1) is 6.61 Å². The second-order valence-electron chi connectivity index (χ2n) is 6.57. The Hall–Kier alpha value is -2.82. The van der Waals surface area contributed by atoms with Gasteiger partial charge in [-0.15, -0.1) is 0 Å². The summed E-state index contributed by atoms with van der Waals surface area (Å²) in [5.74, 6) is 0.570. The normalized spacial score (nSPS) is 11.5. The van der Waals surface area contributed by atoms with Crippen LogP contribution in [0, 0.1) is 6.92 Å². The van der Waals surface area contributed by atoms with Crippen molar-refractivity contribution >= 4 is 11.8 Å². The van der Waals surface area contributed by atoms with E-state index in [2.05, 4.69) is 5.32 Å². The average Bonchev–Trinajstić information content (AvgIpc) is 2.69. The summed E-state index contributed by atoms with van der Waals surface area (Å²) in [6.45, 7) is 4.64. The van der Waals surface area contributed by atoms with E-state index in [1.165, 1.54) is 0 Å². The molecule has 1 N–H and O–H groups in total. The number of carbonyl (C=O) groups excluding carboxylic acids is 2. The fourth-order valence-electron chi connectivity index (χ4n) is 2.87. The molecule has 0 heterocycles. The molecule has 0 spiro atoms. The molecule has 0 aliphatic rings. The summed E-state index contributed by atoms with van der Waals surface area (Å²) in [6.07, 6.45) is 0.929. The van der Waals surface area contributed by atoms with Crippen LogP contribution >= 0.6 is 0 Å². The van der Waals surface area contributed by atoms with Gasteiger partial charge in [0.25, 0.3) is 0 Å². The van der Waals surface area contributed by atoms with E-state index in [4.69, 9.17) is 4.74 Å². The minimum absolute atomic E-state index is 0.0516. The van der Waals surface area contributed by atoms with Crippen molar-refractivity contribution in [2.24, 2.45) is 0 Å². The number of rotatable bonds is 9. The van der Waals surface area contributed by atoms with Crippen molar-refractivity contribution in [2.45, 2.75) is 39.3 Å². The van der Waals surface area contributed by atoms with Crippen molar-refractivity contribution in [1.29, 1.82) is 0 Å². The number of hydrogen-bond acceptors (Lipinski definition) is 3. The van der Waals surface area contributed by atoms with Crippen LogP contribution in [0.2, 0.25) is 0 Å². The highest BCUT2D eigenvalue weighted by molar-refractivity contribution is 5.87. The molecule has 2 amide bonds. The number of ether oxygens (including phenoxy) is 1. The highest BCUT2D eigenvalue weighted by atomic mass is 16.5. The molecule has 5 nitrogen and oxygen atoms in total. The van der Waals surface area contributed by atoms with Crippen molar-refractivity contribution in [3.8, 4) is 5.75 Å². The lowest BCUT2D eigenvalue weighted by Gasteiger charge is -2.28. The summed E-state index contributed by atoms with van der Waals surface area (Å²) in [5, 5.41) is 2.63. The van der Waals surface area contributed by atoms with E-state index in [0.29, 0.717) is 26.0 Å². The number of nitrogens with one attached hydrogen (secondary N) is 1. The van der Waals surface area contributed by atoms with Crippen molar-refractivity contribution < 1.29 is 14.3 Å². The number of para-hydroxylation sites is 1. The SMILES string of the molecule is CNC(=O)[C@H](C)N(Cc1cccc(C)c1)C(=O)CCCOc1ccccc1. The van der Waals surface area contributed by atoms with Crippen LogP contribution in [-0.2, 0) is 16.1 Å². The molecule has 1 atom stereocenters. The average molecular weight is 368 g/mol. The first-order valence-electron chi connectivity index (χ1n) is 9.25. The van der Waals surface area contributed by atoms with Gasteiger partial charge in [0.15, 0.2) is 0 Å². The van der Waals surface area contributed by atoms with Crippen molar-refractivity contribution in [2.75, 3.05) is 13.7 Å². The molecule has 0 aliphatic heterocycles.